The van der Waals surface area contributed by atoms with Gasteiger partial charge in [-0.2, -0.15) is 5.10 Å². The van der Waals surface area contributed by atoms with Gasteiger partial charge < -0.3 is 5.84 Å². The van der Waals surface area contributed by atoms with E-state index in [1.165, 1.54) is 18.4 Å². The van der Waals surface area contributed by atoms with E-state index in [0.29, 0.717) is 23.5 Å². The van der Waals surface area contributed by atoms with Gasteiger partial charge in [0, 0.05) is 17.3 Å². The van der Waals surface area contributed by atoms with Gasteiger partial charge in [-0.25, -0.2) is 0 Å². The first kappa shape index (κ1) is 14.2. The minimum atomic E-state index is -0.0268. The quantitative estimate of drug-likeness (QED) is 0.548. The topological polar surface area (TPSA) is 55.4 Å². The van der Waals surface area contributed by atoms with Crippen LogP contribution in [-0.4, -0.2) is 11.5 Å². The lowest BCUT2D eigenvalue weighted by molar-refractivity contribution is -0.131. The number of nitrogens with two attached hydrogens (primary N) is 1. The van der Waals surface area contributed by atoms with Crippen molar-refractivity contribution in [1.82, 2.24) is 0 Å². The zero-order valence-corrected chi connectivity index (χ0v) is 13.6. The molecule has 0 bridgehead atoms. The van der Waals surface area contributed by atoms with Crippen LogP contribution in [0.2, 0.25) is 0 Å². The molecule has 0 aromatic heterocycles. The lowest BCUT2D eigenvalue weighted by Gasteiger charge is -2.55. The predicted molar refractivity (Wildman–Crippen MR) is 88.2 cm³/mol. The fourth-order valence-corrected chi connectivity index (χ4v) is 6.06. The number of carbonyl (C=O) groups is 1. The molecule has 22 heavy (non-hydrogen) atoms. The van der Waals surface area contributed by atoms with Crippen molar-refractivity contribution in [3.63, 3.8) is 0 Å². The summed E-state index contributed by atoms with van der Waals surface area (Å²) < 4.78 is 0. The number of hydrazone groups is 1. The van der Waals surface area contributed by atoms with Crippen LogP contribution in [0, 0.1) is 28.6 Å². The summed E-state index contributed by atoms with van der Waals surface area (Å²) >= 11 is 0. The summed E-state index contributed by atoms with van der Waals surface area (Å²) in [5.41, 5.74) is 2.50. The van der Waals surface area contributed by atoms with Crippen molar-refractivity contribution in [2.45, 2.75) is 52.4 Å². The second-order valence-corrected chi connectivity index (χ2v) is 8.17. The van der Waals surface area contributed by atoms with Crippen LogP contribution in [0.5, 0.6) is 0 Å². The van der Waals surface area contributed by atoms with Gasteiger partial charge in [-0.15, -0.1) is 0 Å². The van der Waals surface area contributed by atoms with Gasteiger partial charge >= 0.3 is 0 Å². The van der Waals surface area contributed by atoms with Crippen LogP contribution in [-0.2, 0) is 4.79 Å². The van der Waals surface area contributed by atoms with E-state index in [4.69, 9.17) is 5.84 Å². The monoisotopic (exact) mass is 298 g/mol. The first-order valence-electron chi connectivity index (χ1n) is 8.70. The number of rotatable bonds is 0. The van der Waals surface area contributed by atoms with E-state index in [1.807, 2.05) is 0 Å². The SMILES string of the molecule is C[C@]12C=CC(=NN)C=C1CC[C@@H]1[C@@H]2CC[C@]2(C)C(=O)CC[C@@H]12. The average molecular weight is 298 g/mol. The standard InChI is InChI=1S/C19H26N2O/c1-18-9-7-13(21-20)11-12(18)3-4-14-15-5-6-17(22)19(15,2)10-8-16(14)18/h7,9,11,14-16H,3-6,8,10,20H2,1-2H3/t14-,15-,16-,18-,19-/m0/s1. The van der Waals surface area contributed by atoms with Crippen molar-refractivity contribution in [3.8, 4) is 0 Å². The van der Waals surface area contributed by atoms with Gasteiger partial charge in [-0.05, 0) is 62.0 Å². The molecule has 3 saturated carbocycles. The molecule has 0 aromatic rings. The molecule has 0 saturated heterocycles. The van der Waals surface area contributed by atoms with E-state index in [2.05, 4.69) is 37.2 Å². The maximum absolute atomic E-state index is 12.4. The van der Waals surface area contributed by atoms with Gasteiger partial charge in [0.05, 0.1) is 5.71 Å². The second-order valence-electron chi connectivity index (χ2n) is 8.17. The van der Waals surface area contributed by atoms with Crippen molar-refractivity contribution in [3.05, 3.63) is 23.8 Å². The maximum atomic E-state index is 12.4. The number of Topliss-reactive ketones (excluding diaryl/α,β-unsaturated/α-hetero) is 1. The molecule has 3 heteroatoms. The number of hydrogen-bond donors (Lipinski definition) is 1. The fourth-order valence-electron chi connectivity index (χ4n) is 6.06. The number of hydrogen-bond acceptors (Lipinski definition) is 3. The molecule has 0 aliphatic heterocycles. The fraction of sp³-hybridized carbons (Fsp3) is 0.684. The van der Waals surface area contributed by atoms with Gasteiger partial charge in [0.15, 0.2) is 0 Å². The highest BCUT2D eigenvalue weighted by molar-refractivity contribution is 6.05. The highest BCUT2D eigenvalue weighted by Gasteiger charge is 2.58. The van der Waals surface area contributed by atoms with E-state index in [-0.39, 0.29) is 10.8 Å². The normalized spacial score (nSPS) is 48.6. The number of ketones is 1. The Kier molecular flexibility index (Phi) is 2.95. The molecule has 0 amide bonds. The van der Waals surface area contributed by atoms with Gasteiger partial charge in [0.1, 0.15) is 5.78 Å². The molecule has 0 unspecified atom stereocenters. The van der Waals surface area contributed by atoms with Crippen LogP contribution < -0.4 is 5.84 Å². The van der Waals surface area contributed by atoms with Gasteiger partial charge in [0.25, 0.3) is 0 Å². The number of nitrogens with zero attached hydrogens (tertiary/aromatic N) is 1. The second kappa shape index (κ2) is 4.56. The van der Waals surface area contributed by atoms with Crippen LogP contribution in [0.1, 0.15) is 52.4 Å². The molecule has 3 nitrogen and oxygen atoms in total. The molecule has 5 atom stereocenters. The van der Waals surface area contributed by atoms with Gasteiger partial charge in [-0.3, -0.25) is 4.79 Å². The van der Waals surface area contributed by atoms with Crippen LogP contribution in [0.25, 0.3) is 0 Å². The summed E-state index contributed by atoms with van der Waals surface area (Å²) in [7, 11) is 0. The molecule has 0 radical (unpaired) electrons. The summed E-state index contributed by atoms with van der Waals surface area (Å²) in [6, 6.07) is 0. The molecule has 118 valence electrons. The van der Waals surface area contributed by atoms with E-state index in [1.54, 1.807) is 0 Å². The number of allylic oxidation sites excluding steroid dienone is 4. The highest BCUT2D eigenvalue weighted by atomic mass is 16.1. The van der Waals surface area contributed by atoms with Crippen LogP contribution in [0.3, 0.4) is 0 Å². The Morgan fingerprint density at radius 1 is 1.18 bits per heavy atom. The lowest BCUT2D eigenvalue weighted by Crippen LogP contribution is -2.49. The van der Waals surface area contributed by atoms with Crippen molar-refractivity contribution in [2.75, 3.05) is 0 Å². The Morgan fingerprint density at radius 2 is 2.00 bits per heavy atom. The Morgan fingerprint density at radius 3 is 2.77 bits per heavy atom. The Hall–Kier alpha value is -1.38. The summed E-state index contributed by atoms with van der Waals surface area (Å²) in [5.74, 6) is 7.97. The molecule has 0 spiro atoms. The molecular formula is C19H26N2O. The van der Waals surface area contributed by atoms with E-state index in [0.717, 1.165) is 31.4 Å². The average Bonchev–Trinajstić information content (AvgIpc) is 2.82. The summed E-state index contributed by atoms with van der Waals surface area (Å²) in [6.07, 6.45) is 13.2. The molecule has 2 N–H and O–H groups in total. The molecule has 3 fully saturated rings. The zero-order chi connectivity index (χ0) is 15.5. The first-order valence-corrected chi connectivity index (χ1v) is 8.70. The van der Waals surface area contributed by atoms with Crippen LogP contribution in [0.4, 0.5) is 0 Å². The van der Waals surface area contributed by atoms with Gasteiger partial charge in [0.2, 0.25) is 0 Å². The third kappa shape index (κ3) is 1.68. The number of carbonyl (C=O) groups excluding carboxylic acids is 1. The smallest absolute Gasteiger partial charge is 0.139 e. The molecule has 0 heterocycles. The molecular weight excluding hydrogens is 272 g/mol. The first-order chi connectivity index (χ1) is 10.5. The van der Waals surface area contributed by atoms with Gasteiger partial charge in [-0.1, -0.05) is 25.5 Å². The maximum Gasteiger partial charge on any atom is 0.139 e. The third-order valence-corrected chi connectivity index (χ3v) is 7.43. The summed E-state index contributed by atoms with van der Waals surface area (Å²) in [6.45, 7) is 4.63. The summed E-state index contributed by atoms with van der Waals surface area (Å²) in [5, 5.41) is 3.86. The Bertz CT molecular complexity index is 617. The number of fused-ring (bicyclic) bond motifs is 5. The molecule has 4 aliphatic carbocycles. The minimum absolute atomic E-state index is 0.0268. The summed E-state index contributed by atoms with van der Waals surface area (Å²) in [4.78, 5) is 12.4. The molecule has 0 aromatic carbocycles. The third-order valence-electron chi connectivity index (χ3n) is 7.43. The molecule has 4 aliphatic rings. The van der Waals surface area contributed by atoms with Crippen molar-refractivity contribution in [1.29, 1.82) is 0 Å². The van der Waals surface area contributed by atoms with E-state index in [9.17, 15) is 4.79 Å². The Balaban J connectivity index is 1.71. The zero-order valence-electron chi connectivity index (χ0n) is 13.6. The molecule has 4 rings (SSSR count). The van der Waals surface area contributed by atoms with Crippen LogP contribution in [0.15, 0.2) is 28.9 Å². The highest BCUT2D eigenvalue weighted by Crippen LogP contribution is 2.63. The van der Waals surface area contributed by atoms with Crippen LogP contribution >= 0.6 is 0 Å². The van der Waals surface area contributed by atoms with Crippen molar-refractivity contribution in [2.24, 2.45) is 39.5 Å². The predicted octanol–water partition coefficient (Wildman–Crippen LogP) is 3.61. The minimum Gasteiger partial charge on any atom is -0.323 e. The van der Waals surface area contributed by atoms with E-state index < -0.39 is 0 Å². The lowest BCUT2D eigenvalue weighted by atomic mass is 9.48. The Labute approximate surface area is 132 Å². The van der Waals surface area contributed by atoms with E-state index >= 15 is 0 Å². The van der Waals surface area contributed by atoms with Crippen molar-refractivity contribution >= 4 is 11.5 Å². The largest absolute Gasteiger partial charge is 0.323 e. The van der Waals surface area contributed by atoms with Crippen molar-refractivity contribution < 1.29 is 4.79 Å².